The standard InChI is InChI=1S/C15H16N2O2.C2HF3O2/c1-11-4-3-5-13(17-11)10-16-15(18)12-6-8-14(19-2)9-7-12;3-2(4,5)1(6)7/h3-9H,10H2,1-2H3,(H,16,18);(H,6,7). The molecule has 2 rings (SSSR count). The van der Waals surface area contributed by atoms with E-state index in [1.165, 1.54) is 0 Å². The summed E-state index contributed by atoms with van der Waals surface area (Å²) in [5.74, 6) is -2.14. The number of ether oxygens (including phenoxy) is 1. The summed E-state index contributed by atoms with van der Waals surface area (Å²) < 4.78 is 36.8. The summed E-state index contributed by atoms with van der Waals surface area (Å²) in [5, 5.41) is 9.96. The molecule has 2 N–H and O–H groups in total. The second-order valence-corrected chi connectivity index (χ2v) is 4.98. The Morgan fingerprint density at radius 1 is 1.15 bits per heavy atom. The van der Waals surface area contributed by atoms with Crippen molar-refractivity contribution in [3.8, 4) is 5.75 Å². The predicted octanol–water partition coefficient (Wildman–Crippen LogP) is 2.96. The first-order chi connectivity index (χ1) is 12.1. The first kappa shape index (κ1) is 20.9. The number of aliphatic carboxylic acids is 1. The van der Waals surface area contributed by atoms with Crippen molar-refractivity contribution in [1.29, 1.82) is 0 Å². The van der Waals surface area contributed by atoms with E-state index in [9.17, 15) is 18.0 Å². The van der Waals surface area contributed by atoms with Crippen LogP contribution < -0.4 is 10.1 Å². The third-order valence-corrected chi connectivity index (χ3v) is 2.97. The van der Waals surface area contributed by atoms with Gasteiger partial charge in [0, 0.05) is 11.3 Å². The van der Waals surface area contributed by atoms with Crippen LogP contribution >= 0.6 is 0 Å². The van der Waals surface area contributed by atoms with Gasteiger partial charge in [-0.3, -0.25) is 9.78 Å². The molecule has 6 nitrogen and oxygen atoms in total. The predicted molar refractivity (Wildman–Crippen MR) is 86.8 cm³/mol. The Morgan fingerprint density at radius 2 is 1.73 bits per heavy atom. The van der Waals surface area contributed by atoms with E-state index >= 15 is 0 Å². The highest BCUT2D eigenvalue weighted by atomic mass is 19.4. The number of nitrogens with zero attached hydrogens (tertiary/aromatic N) is 1. The minimum atomic E-state index is -5.08. The molecule has 140 valence electrons. The lowest BCUT2D eigenvalue weighted by molar-refractivity contribution is -0.192. The fraction of sp³-hybridized carbons (Fsp3) is 0.235. The number of hydrogen-bond acceptors (Lipinski definition) is 4. The number of carbonyl (C=O) groups is 2. The molecule has 0 unspecified atom stereocenters. The van der Waals surface area contributed by atoms with Gasteiger partial charge < -0.3 is 15.2 Å². The quantitative estimate of drug-likeness (QED) is 0.864. The molecule has 0 atom stereocenters. The average molecular weight is 370 g/mol. The molecule has 2 aromatic rings. The molecule has 0 aliphatic carbocycles. The molecule has 0 saturated carbocycles. The molecule has 1 heterocycles. The molecular weight excluding hydrogens is 353 g/mol. The molecule has 0 aliphatic rings. The second-order valence-electron chi connectivity index (χ2n) is 4.98. The van der Waals surface area contributed by atoms with Crippen LogP contribution in [0.5, 0.6) is 5.75 Å². The molecule has 0 radical (unpaired) electrons. The number of carbonyl (C=O) groups excluding carboxylic acids is 1. The van der Waals surface area contributed by atoms with E-state index in [4.69, 9.17) is 14.6 Å². The minimum absolute atomic E-state index is 0.119. The van der Waals surface area contributed by atoms with E-state index in [0.717, 1.165) is 17.1 Å². The number of hydrogen-bond donors (Lipinski definition) is 2. The number of pyridine rings is 1. The van der Waals surface area contributed by atoms with E-state index in [2.05, 4.69) is 10.3 Å². The molecule has 1 aromatic carbocycles. The average Bonchev–Trinajstić information content (AvgIpc) is 2.59. The zero-order chi connectivity index (χ0) is 19.7. The summed E-state index contributed by atoms with van der Waals surface area (Å²) in [5.41, 5.74) is 2.39. The van der Waals surface area contributed by atoms with Gasteiger partial charge in [0.1, 0.15) is 5.75 Å². The van der Waals surface area contributed by atoms with E-state index in [-0.39, 0.29) is 5.91 Å². The van der Waals surface area contributed by atoms with Crippen molar-refractivity contribution < 1.29 is 32.6 Å². The van der Waals surface area contributed by atoms with Crippen molar-refractivity contribution in [2.24, 2.45) is 0 Å². The Bertz CT molecular complexity index is 746. The van der Waals surface area contributed by atoms with Gasteiger partial charge in [-0.15, -0.1) is 0 Å². The minimum Gasteiger partial charge on any atom is -0.497 e. The Balaban J connectivity index is 0.000000412. The van der Waals surface area contributed by atoms with Crippen LogP contribution in [0.3, 0.4) is 0 Å². The highest BCUT2D eigenvalue weighted by molar-refractivity contribution is 5.94. The largest absolute Gasteiger partial charge is 0.497 e. The van der Waals surface area contributed by atoms with Crippen LogP contribution in [0.4, 0.5) is 13.2 Å². The van der Waals surface area contributed by atoms with E-state index < -0.39 is 12.1 Å². The van der Waals surface area contributed by atoms with Gasteiger partial charge in [0.15, 0.2) is 0 Å². The number of rotatable bonds is 4. The summed E-state index contributed by atoms with van der Waals surface area (Å²) in [6.45, 7) is 2.35. The summed E-state index contributed by atoms with van der Waals surface area (Å²) in [7, 11) is 1.60. The van der Waals surface area contributed by atoms with Gasteiger partial charge in [-0.2, -0.15) is 13.2 Å². The highest BCUT2D eigenvalue weighted by Gasteiger charge is 2.38. The van der Waals surface area contributed by atoms with Gasteiger partial charge >= 0.3 is 12.1 Å². The van der Waals surface area contributed by atoms with Crippen LogP contribution in [-0.4, -0.2) is 35.3 Å². The number of carboxylic acids is 1. The van der Waals surface area contributed by atoms with Gasteiger partial charge in [0.2, 0.25) is 0 Å². The lowest BCUT2D eigenvalue weighted by atomic mass is 10.2. The Labute approximate surface area is 147 Å². The maximum absolute atomic E-state index is 11.9. The number of aryl methyl sites for hydroxylation is 1. The molecule has 0 fully saturated rings. The third-order valence-electron chi connectivity index (χ3n) is 2.97. The summed E-state index contributed by atoms with van der Waals surface area (Å²) >= 11 is 0. The normalized spacial score (nSPS) is 10.3. The van der Waals surface area contributed by atoms with Gasteiger partial charge in [0.25, 0.3) is 5.91 Å². The monoisotopic (exact) mass is 370 g/mol. The lowest BCUT2D eigenvalue weighted by Crippen LogP contribution is -2.23. The summed E-state index contributed by atoms with van der Waals surface area (Å²) in [6.07, 6.45) is -5.08. The molecule has 0 saturated heterocycles. The molecule has 0 aliphatic heterocycles. The zero-order valence-electron chi connectivity index (χ0n) is 14.0. The molecule has 0 spiro atoms. The Kier molecular flexibility index (Phi) is 7.57. The Morgan fingerprint density at radius 3 is 2.19 bits per heavy atom. The number of nitrogens with one attached hydrogen (secondary N) is 1. The van der Waals surface area contributed by atoms with Crippen molar-refractivity contribution in [2.75, 3.05) is 7.11 Å². The summed E-state index contributed by atoms with van der Waals surface area (Å²) in [4.78, 5) is 25.2. The number of aromatic nitrogens is 1. The van der Waals surface area contributed by atoms with Gasteiger partial charge in [-0.25, -0.2) is 4.79 Å². The van der Waals surface area contributed by atoms with Crippen LogP contribution in [0.1, 0.15) is 21.7 Å². The SMILES string of the molecule is COc1ccc(C(=O)NCc2cccc(C)n2)cc1.O=C(O)C(F)(F)F. The summed E-state index contributed by atoms with van der Waals surface area (Å²) in [6, 6.07) is 12.7. The second kappa shape index (κ2) is 9.40. The number of amides is 1. The van der Waals surface area contributed by atoms with Crippen molar-refractivity contribution in [3.63, 3.8) is 0 Å². The first-order valence-corrected chi connectivity index (χ1v) is 7.28. The molecule has 1 amide bonds. The van der Waals surface area contributed by atoms with Crippen LogP contribution in [-0.2, 0) is 11.3 Å². The van der Waals surface area contributed by atoms with Crippen LogP contribution in [0.15, 0.2) is 42.5 Å². The number of carboxylic acid groups (broad SMARTS) is 1. The van der Waals surface area contributed by atoms with E-state index in [0.29, 0.717) is 12.1 Å². The lowest BCUT2D eigenvalue weighted by Gasteiger charge is -2.06. The topological polar surface area (TPSA) is 88.5 Å². The van der Waals surface area contributed by atoms with Crippen molar-refractivity contribution >= 4 is 11.9 Å². The van der Waals surface area contributed by atoms with Crippen LogP contribution in [0.25, 0.3) is 0 Å². The highest BCUT2D eigenvalue weighted by Crippen LogP contribution is 2.13. The fourth-order valence-corrected chi connectivity index (χ4v) is 1.71. The smallest absolute Gasteiger partial charge is 0.490 e. The molecule has 26 heavy (non-hydrogen) atoms. The molecule has 9 heteroatoms. The molecule has 0 bridgehead atoms. The zero-order valence-corrected chi connectivity index (χ0v) is 14.0. The third kappa shape index (κ3) is 7.20. The number of benzene rings is 1. The maximum Gasteiger partial charge on any atom is 0.490 e. The van der Waals surface area contributed by atoms with Gasteiger partial charge in [-0.1, -0.05) is 6.07 Å². The maximum atomic E-state index is 11.9. The fourth-order valence-electron chi connectivity index (χ4n) is 1.71. The number of methoxy groups -OCH3 is 1. The number of alkyl halides is 3. The van der Waals surface area contributed by atoms with E-state index in [1.54, 1.807) is 31.4 Å². The van der Waals surface area contributed by atoms with Crippen molar-refractivity contribution in [3.05, 3.63) is 59.4 Å². The van der Waals surface area contributed by atoms with Crippen LogP contribution in [0, 0.1) is 6.92 Å². The van der Waals surface area contributed by atoms with Crippen LogP contribution in [0.2, 0.25) is 0 Å². The van der Waals surface area contributed by atoms with Crippen molar-refractivity contribution in [2.45, 2.75) is 19.6 Å². The number of halogens is 3. The first-order valence-electron chi connectivity index (χ1n) is 7.28. The Hall–Kier alpha value is -3.10. The molecule has 1 aromatic heterocycles. The van der Waals surface area contributed by atoms with Crippen molar-refractivity contribution in [1.82, 2.24) is 10.3 Å². The molecular formula is C17H17F3N2O4. The van der Waals surface area contributed by atoms with Gasteiger partial charge in [0.05, 0.1) is 19.3 Å². The van der Waals surface area contributed by atoms with E-state index in [1.807, 2.05) is 25.1 Å². The van der Waals surface area contributed by atoms with Gasteiger partial charge in [-0.05, 0) is 43.3 Å².